The van der Waals surface area contributed by atoms with Crippen LogP contribution in [0.4, 0.5) is 4.79 Å². The molecule has 0 aliphatic carbocycles. The first-order valence-electron chi connectivity index (χ1n) is 14.2. The zero-order valence-corrected chi connectivity index (χ0v) is 26.3. The molecular formula is C32H31BrClN5O4. The summed E-state index contributed by atoms with van der Waals surface area (Å²) >= 11 is 9.37. The largest absolute Gasteiger partial charge is 0.490 e. The van der Waals surface area contributed by atoms with Gasteiger partial charge in [-0.15, -0.1) is 0 Å². The molecule has 4 heterocycles. The molecule has 2 aromatic carbocycles. The minimum absolute atomic E-state index is 0.0470. The van der Waals surface area contributed by atoms with E-state index in [4.69, 9.17) is 26.2 Å². The Hall–Kier alpha value is -3.89. The molecule has 1 aliphatic rings. The number of rotatable bonds is 7. The van der Waals surface area contributed by atoms with E-state index in [0.29, 0.717) is 59.9 Å². The summed E-state index contributed by atoms with van der Waals surface area (Å²) in [7, 11) is 1.80. The highest BCUT2D eigenvalue weighted by Gasteiger charge is 2.28. The number of piperidine rings is 1. The number of ether oxygens (including phenoxy) is 2. The van der Waals surface area contributed by atoms with E-state index in [9.17, 15) is 9.59 Å². The highest BCUT2D eigenvalue weighted by molar-refractivity contribution is 9.10. The third-order valence-corrected chi connectivity index (χ3v) is 8.72. The van der Waals surface area contributed by atoms with Crippen molar-refractivity contribution in [3.05, 3.63) is 97.6 Å². The van der Waals surface area contributed by atoms with Crippen molar-refractivity contribution < 1.29 is 14.3 Å². The number of carbonyl (C=O) groups is 1. The summed E-state index contributed by atoms with van der Waals surface area (Å²) in [6.45, 7) is 3.74. The highest BCUT2D eigenvalue weighted by Crippen LogP contribution is 2.32. The Morgan fingerprint density at radius 3 is 2.60 bits per heavy atom. The fourth-order valence-electron chi connectivity index (χ4n) is 5.84. The van der Waals surface area contributed by atoms with E-state index in [-0.39, 0.29) is 24.3 Å². The number of benzene rings is 2. The molecule has 0 bridgehead atoms. The Balaban J connectivity index is 1.23. The monoisotopic (exact) mass is 663 g/mol. The molecule has 1 fully saturated rings. The van der Waals surface area contributed by atoms with Crippen LogP contribution in [0.25, 0.3) is 21.8 Å². The quantitative estimate of drug-likeness (QED) is 0.182. The smallest absolute Gasteiger partial charge is 0.410 e. The van der Waals surface area contributed by atoms with Gasteiger partial charge >= 0.3 is 6.09 Å². The predicted octanol–water partition coefficient (Wildman–Crippen LogP) is 6.60. The summed E-state index contributed by atoms with van der Waals surface area (Å²) in [6.07, 6.45) is 3.56. The van der Waals surface area contributed by atoms with Crippen LogP contribution in [0, 0.1) is 6.92 Å². The summed E-state index contributed by atoms with van der Waals surface area (Å²) in [5, 5.41) is 7.66. The molecular weight excluding hydrogens is 634 g/mol. The van der Waals surface area contributed by atoms with Gasteiger partial charge in [-0.2, -0.15) is 5.10 Å². The Kier molecular flexibility index (Phi) is 8.41. The average Bonchev–Trinajstić information content (AvgIpc) is 3.45. The predicted molar refractivity (Wildman–Crippen MR) is 170 cm³/mol. The lowest BCUT2D eigenvalue weighted by Crippen LogP contribution is -2.39. The average molecular weight is 665 g/mol. The van der Waals surface area contributed by atoms with Crippen LogP contribution in [0.3, 0.4) is 0 Å². The van der Waals surface area contributed by atoms with Crippen LogP contribution >= 0.6 is 27.5 Å². The van der Waals surface area contributed by atoms with Crippen molar-refractivity contribution in [3.8, 4) is 5.75 Å². The van der Waals surface area contributed by atoms with Gasteiger partial charge in [0.25, 0.3) is 5.56 Å². The van der Waals surface area contributed by atoms with E-state index in [1.54, 1.807) is 28.6 Å². The molecule has 0 atom stereocenters. The summed E-state index contributed by atoms with van der Waals surface area (Å²) in [5.74, 6) is 0.602. The number of pyridine rings is 2. The third kappa shape index (κ3) is 5.99. The molecule has 6 rings (SSSR count). The van der Waals surface area contributed by atoms with E-state index in [1.807, 2.05) is 54.2 Å². The standard InChI is InChI=1S/C32H31BrClN5O4/c1-20-16-22(12-15-42-26-8-9-27(34)36-29(26)33)28-24(17-20)31(40)37(2)30-25(28)18-35-39(30)23-10-13-38(14-11-23)32(41)43-19-21-6-4-3-5-7-21/h3-9,16-18,23H,10-15,19H2,1-2H3. The second-order valence-corrected chi connectivity index (χ2v) is 12.0. The lowest BCUT2D eigenvalue weighted by Gasteiger charge is -2.31. The molecule has 1 aliphatic heterocycles. The number of hydrogen-bond donors (Lipinski definition) is 0. The molecule has 0 spiro atoms. The van der Waals surface area contributed by atoms with Crippen molar-refractivity contribution in [2.75, 3.05) is 19.7 Å². The summed E-state index contributed by atoms with van der Waals surface area (Å²) < 4.78 is 15.7. The van der Waals surface area contributed by atoms with Crippen LogP contribution in [-0.2, 0) is 24.8 Å². The number of aryl methyl sites for hydroxylation is 2. The minimum atomic E-state index is -0.310. The number of nitrogens with zero attached hydrogens (tertiary/aromatic N) is 5. The van der Waals surface area contributed by atoms with Crippen molar-refractivity contribution in [2.45, 2.75) is 38.8 Å². The van der Waals surface area contributed by atoms with E-state index < -0.39 is 0 Å². The van der Waals surface area contributed by atoms with E-state index >= 15 is 0 Å². The fraction of sp³-hybridized carbons (Fsp3) is 0.312. The zero-order chi connectivity index (χ0) is 30.1. The van der Waals surface area contributed by atoms with Crippen LogP contribution in [0.2, 0.25) is 5.15 Å². The number of carbonyl (C=O) groups excluding carboxylic acids is 1. The molecule has 1 amide bonds. The number of hydrogen-bond acceptors (Lipinski definition) is 6. The molecule has 9 nitrogen and oxygen atoms in total. The highest BCUT2D eigenvalue weighted by atomic mass is 79.9. The summed E-state index contributed by atoms with van der Waals surface area (Å²) in [6, 6.07) is 17.2. The number of aromatic nitrogens is 4. The molecule has 3 aromatic heterocycles. The maximum absolute atomic E-state index is 13.7. The minimum Gasteiger partial charge on any atom is -0.490 e. The van der Waals surface area contributed by atoms with Crippen LogP contribution in [0.1, 0.15) is 35.6 Å². The Morgan fingerprint density at radius 2 is 1.86 bits per heavy atom. The van der Waals surface area contributed by atoms with E-state index in [0.717, 1.165) is 33.1 Å². The van der Waals surface area contributed by atoms with Gasteiger partial charge < -0.3 is 14.4 Å². The van der Waals surface area contributed by atoms with Gasteiger partial charge in [0, 0.05) is 42.7 Å². The molecule has 11 heteroatoms. The molecule has 0 unspecified atom stereocenters. The number of halogens is 2. The van der Waals surface area contributed by atoms with Crippen LogP contribution in [-0.4, -0.2) is 50.0 Å². The SMILES string of the molecule is Cc1cc(CCOc2ccc(Cl)nc2Br)c2c(c1)c(=O)n(C)c1c2cnn1C1CCN(C(=O)OCc2ccccc2)CC1. The lowest BCUT2D eigenvalue weighted by molar-refractivity contribution is 0.0824. The van der Waals surface area contributed by atoms with Gasteiger partial charge in [-0.25, -0.2) is 14.5 Å². The second-order valence-electron chi connectivity index (χ2n) is 10.8. The molecule has 1 saturated heterocycles. The third-order valence-electron chi connectivity index (χ3n) is 7.94. The normalized spacial score (nSPS) is 14.0. The van der Waals surface area contributed by atoms with Gasteiger partial charge in [-0.05, 0) is 65.0 Å². The number of amides is 1. The fourth-order valence-corrected chi connectivity index (χ4v) is 6.52. The second kappa shape index (κ2) is 12.4. The van der Waals surface area contributed by atoms with Gasteiger partial charge in [-0.3, -0.25) is 9.36 Å². The Morgan fingerprint density at radius 1 is 1.09 bits per heavy atom. The first-order chi connectivity index (χ1) is 20.8. The first kappa shape index (κ1) is 29.2. The van der Waals surface area contributed by atoms with Gasteiger partial charge in [-0.1, -0.05) is 53.6 Å². The Labute approximate surface area is 262 Å². The number of likely N-dealkylation sites (tertiary alicyclic amines) is 1. The van der Waals surface area contributed by atoms with Crippen molar-refractivity contribution in [3.63, 3.8) is 0 Å². The maximum atomic E-state index is 13.7. The maximum Gasteiger partial charge on any atom is 0.410 e. The molecule has 5 aromatic rings. The van der Waals surface area contributed by atoms with Crippen LogP contribution in [0.15, 0.2) is 70.2 Å². The molecule has 0 N–H and O–H groups in total. The van der Waals surface area contributed by atoms with Crippen molar-refractivity contribution in [2.24, 2.45) is 7.05 Å². The molecule has 0 saturated carbocycles. The van der Waals surface area contributed by atoms with Crippen LogP contribution < -0.4 is 10.3 Å². The van der Waals surface area contributed by atoms with Gasteiger partial charge in [0.1, 0.15) is 22.0 Å². The van der Waals surface area contributed by atoms with E-state index in [2.05, 4.69) is 27.0 Å². The Bertz CT molecular complexity index is 1870. The van der Waals surface area contributed by atoms with Crippen molar-refractivity contribution >= 4 is 55.4 Å². The summed E-state index contributed by atoms with van der Waals surface area (Å²) in [5.41, 5.74) is 3.69. The number of fused-ring (bicyclic) bond motifs is 3. The molecule has 0 radical (unpaired) electrons. The van der Waals surface area contributed by atoms with Crippen molar-refractivity contribution in [1.82, 2.24) is 24.2 Å². The van der Waals surface area contributed by atoms with Gasteiger partial charge in [0.05, 0.1) is 18.8 Å². The van der Waals surface area contributed by atoms with Gasteiger partial charge in [0.15, 0.2) is 5.75 Å². The zero-order valence-electron chi connectivity index (χ0n) is 23.9. The lowest BCUT2D eigenvalue weighted by atomic mass is 9.98. The molecule has 43 heavy (non-hydrogen) atoms. The van der Waals surface area contributed by atoms with Crippen LogP contribution in [0.5, 0.6) is 5.75 Å². The van der Waals surface area contributed by atoms with Crippen molar-refractivity contribution in [1.29, 1.82) is 0 Å². The summed E-state index contributed by atoms with van der Waals surface area (Å²) in [4.78, 5) is 32.3. The van der Waals surface area contributed by atoms with E-state index in [1.165, 1.54) is 0 Å². The molecule has 222 valence electrons. The topological polar surface area (TPSA) is 91.5 Å². The van der Waals surface area contributed by atoms with Gasteiger partial charge in [0.2, 0.25) is 0 Å². The first-order valence-corrected chi connectivity index (χ1v) is 15.4.